The van der Waals surface area contributed by atoms with Gasteiger partial charge >= 0.3 is 0 Å². The number of carbonyl (C=O) groups is 1. The summed E-state index contributed by atoms with van der Waals surface area (Å²) in [7, 11) is 0. The van der Waals surface area contributed by atoms with E-state index in [1.807, 2.05) is 0 Å². The average Bonchev–Trinajstić information content (AvgIpc) is 3.17. The second-order valence-electron chi connectivity index (χ2n) is 5.76. The largest absolute Gasteiger partial charge is 0.467 e. The number of furan rings is 1. The third-order valence-corrected chi connectivity index (χ3v) is 4.32. The van der Waals surface area contributed by atoms with E-state index in [1.54, 1.807) is 18.2 Å². The number of nitrogens with two attached hydrogens (primary N) is 1. The van der Waals surface area contributed by atoms with Crippen LogP contribution in [0.2, 0.25) is 0 Å². The molecule has 1 aromatic heterocycles. The molecule has 4 nitrogen and oxygen atoms in total. The number of carbonyl (C=O) groups excluding carboxylic acids is 1. The Labute approximate surface area is 128 Å². The number of hydrogen-bond donors (Lipinski definition) is 2. The first-order valence-corrected chi connectivity index (χ1v) is 7.49. The number of nitrogens with one attached hydrogen (secondary N) is 1. The van der Waals surface area contributed by atoms with Crippen LogP contribution in [-0.2, 0) is 12.1 Å². The molecule has 0 unspecified atom stereocenters. The molecule has 1 aromatic carbocycles. The van der Waals surface area contributed by atoms with Crippen molar-refractivity contribution < 1.29 is 13.6 Å². The molecule has 1 heterocycles. The minimum absolute atomic E-state index is 0.185. The Balaban J connectivity index is 1.85. The third-order valence-electron chi connectivity index (χ3n) is 4.32. The van der Waals surface area contributed by atoms with Crippen molar-refractivity contribution in [3.63, 3.8) is 0 Å². The van der Waals surface area contributed by atoms with Gasteiger partial charge in [-0.15, -0.1) is 0 Å². The molecule has 1 fully saturated rings. The minimum Gasteiger partial charge on any atom is -0.467 e. The highest BCUT2D eigenvalue weighted by molar-refractivity contribution is 5.94. The van der Waals surface area contributed by atoms with Crippen molar-refractivity contribution in [2.45, 2.75) is 37.8 Å². The molecule has 22 heavy (non-hydrogen) atoms. The zero-order chi connectivity index (χ0) is 15.6. The number of benzene rings is 1. The van der Waals surface area contributed by atoms with Gasteiger partial charge in [0.15, 0.2) is 0 Å². The Morgan fingerprint density at radius 3 is 2.55 bits per heavy atom. The van der Waals surface area contributed by atoms with Crippen LogP contribution in [0, 0.1) is 5.82 Å². The molecule has 0 spiro atoms. The smallest absolute Gasteiger partial charge is 0.255 e. The maximum atomic E-state index is 13.2. The van der Waals surface area contributed by atoms with Gasteiger partial charge in [-0.25, -0.2) is 4.39 Å². The van der Waals surface area contributed by atoms with Crippen LogP contribution in [0.1, 0.15) is 47.4 Å². The summed E-state index contributed by atoms with van der Waals surface area (Å²) in [5, 5.41) is 3.12. The summed E-state index contributed by atoms with van der Waals surface area (Å²) in [6.45, 7) is 0.260. The molecule has 116 valence electrons. The van der Waals surface area contributed by atoms with Gasteiger partial charge in [0.25, 0.3) is 5.91 Å². The van der Waals surface area contributed by atoms with Gasteiger partial charge in [0.2, 0.25) is 0 Å². The molecule has 0 aliphatic heterocycles. The Bertz CT molecular complexity index is 658. The maximum Gasteiger partial charge on any atom is 0.255 e. The van der Waals surface area contributed by atoms with Crippen LogP contribution < -0.4 is 11.1 Å². The zero-order valence-corrected chi connectivity index (χ0v) is 12.3. The Morgan fingerprint density at radius 2 is 1.95 bits per heavy atom. The van der Waals surface area contributed by atoms with Crippen LogP contribution in [0.4, 0.5) is 4.39 Å². The topological polar surface area (TPSA) is 68.3 Å². The highest BCUT2D eigenvalue weighted by Gasteiger charge is 2.37. The number of amides is 1. The van der Waals surface area contributed by atoms with E-state index in [-0.39, 0.29) is 18.3 Å². The van der Waals surface area contributed by atoms with Gasteiger partial charge in [0, 0.05) is 0 Å². The first kappa shape index (κ1) is 14.8. The van der Waals surface area contributed by atoms with Crippen LogP contribution in [-0.4, -0.2) is 5.91 Å². The number of halogens is 1. The summed E-state index contributed by atoms with van der Waals surface area (Å²) < 4.78 is 18.4. The van der Waals surface area contributed by atoms with Crippen molar-refractivity contribution in [1.82, 2.24) is 5.32 Å². The van der Waals surface area contributed by atoms with Crippen molar-refractivity contribution in [2.75, 3.05) is 0 Å². The molecule has 0 bridgehead atoms. The Morgan fingerprint density at radius 1 is 1.27 bits per heavy atom. The van der Waals surface area contributed by atoms with Crippen LogP contribution >= 0.6 is 0 Å². The fraction of sp³-hybridized carbons (Fsp3) is 0.353. The molecular formula is C17H19FN2O2. The summed E-state index contributed by atoms with van der Waals surface area (Å²) in [6.07, 6.45) is 5.21. The quantitative estimate of drug-likeness (QED) is 0.912. The SMILES string of the molecule is NCc1cc(C(=O)NC2(c3ccc(F)cc3)CCCC2)co1. The van der Waals surface area contributed by atoms with Crippen molar-refractivity contribution in [3.05, 3.63) is 59.3 Å². The van der Waals surface area contributed by atoms with Gasteiger partial charge < -0.3 is 15.5 Å². The highest BCUT2D eigenvalue weighted by atomic mass is 19.1. The van der Waals surface area contributed by atoms with E-state index < -0.39 is 5.54 Å². The van der Waals surface area contributed by atoms with Crippen LogP contribution in [0.15, 0.2) is 41.0 Å². The number of rotatable bonds is 4. The molecule has 0 radical (unpaired) electrons. The summed E-state index contributed by atoms with van der Waals surface area (Å²) in [4.78, 5) is 12.5. The van der Waals surface area contributed by atoms with Crippen molar-refractivity contribution >= 4 is 5.91 Å². The predicted molar refractivity (Wildman–Crippen MR) is 80.6 cm³/mol. The molecule has 1 amide bonds. The molecular weight excluding hydrogens is 283 g/mol. The van der Waals surface area contributed by atoms with Gasteiger partial charge in [-0.05, 0) is 36.6 Å². The summed E-state index contributed by atoms with van der Waals surface area (Å²) in [5.74, 6) is 0.118. The number of hydrogen-bond acceptors (Lipinski definition) is 3. The fourth-order valence-corrected chi connectivity index (χ4v) is 3.13. The van der Waals surface area contributed by atoms with Crippen LogP contribution in [0.3, 0.4) is 0 Å². The van der Waals surface area contributed by atoms with E-state index in [2.05, 4.69) is 5.32 Å². The molecule has 0 atom stereocenters. The Hall–Kier alpha value is -2.14. The van der Waals surface area contributed by atoms with Crippen LogP contribution in [0.5, 0.6) is 0 Å². The van der Waals surface area contributed by atoms with Crippen molar-refractivity contribution in [1.29, 1.82) is 0 Å². The summed E-state index contributed by atoms with van der Waals surface area (Å²) in [6, 6.07) is 8.03. The molecule has 2 aromatic rings. The third kappa shape index (κ3) is 2.76. The molecule has 3 rings (SSSR count). The summed E-state index contributed by atoms with van der Waals surface area (Å²) in [5.41, 5.74) is 6.48. The average molecular weight is 302 g/mol. The van der Waals surface area contributed by atoms with Gasteiger partial charge in [-0.1, -0.05) is 25.0 Å². The van der Waals surface area contributed by atoms with E-state index in [9.17, 15) is 9.18 Å². The second kappa shape index (κ2) is 5.93. The lowest BCUT2D eigenvalue weighted by Crippen LogP contribution is -2.43. The fourth-order valence-electron chi connectivity index (χ4n) is 3.13. The minimum atomic E-state index is -0.426. The summed E-state index contributed by atoms with van der Waals surface area (Å²) >= 11 is 0. The van der Waals surface area contributed by atoms with Crippen molar-refractivity contribution in [2.24, 2.45) is 5.73 Å². The monoisotopic (exact) mass is 302 g/mol. The van der Waals surface area contributed by atoms with Crippen molar-refractivity contribution in [3.8, 4) is 0 Å². The molecule has 0 saturated heterocycles. The van der Waals surface area contributed by atoms with Gasteiger partial charge in [-0.2, -0.15) is 0 Å². The van der Waals surface area contributed by atoms with Gasteiger partial charge in [0.05, 0.1) is 17.6 Å². The molecule has 3 N–H and O–H groups in total. The zero-order valence-electron chi connectivity index (χ0n) is 12.3. The van der Waals surface area contributed by atoms with Crippen LogP contribution in [0.25, 0.3) is 0 Å². The standard InChI is InChI=1S/C17H19FN2O2/c18-14-5-3-13(4-6-14)17(7-1-2-8-17)20-16(21)12-9-15(10-19)22-11-12/h3-6,9,11H,1-2,7-8,10,19H2,(H,20,21). The first-order valence-electron chi connectivity index (χ1n) is 7.49. The lowest BCUT2D eigenvalue weighted by Gasteiger charge is -2.31. The van der Waals surface area contributed by atoms with Gasteiger partial charge in [0.1, 0.15) is 17.8 Å². The Kier molecular flexibility index (Phi) is 3.98. The van der Waals surface area contributed by atoms with E-state index in [0.717, 1.165) is 31.2 Å². The maximum absolute atomic E-state index is 13.2. The second-order valence-corrected chi connectivity index (χ2v) is 5.76. The van der Waals surface area contributed by atoms with E-state index >= 15 is 0 Å². The molecule has 5 heteroatoms. The van der Waals surface area contributed by atoms with E-state index in [1.165, 1.54) is 18.4 Å². The molecule has 1 aliphatic carbocycles. The lowest BCUT2D eigenvalue weighted by molar-refractivity contribution is 0.0897. The predicted octanol–water partition coefficient (Wildman–Crippen LogP) is 3.08. The van der Waals surface area contributed by atoms with Gasteiger partial charge in [-0.3, -0.25) is 4.79 Å². The molecule has 1 saturated carbocycles. The van der Waals surface area contributed by atoms with E-state index in [4.69, 9.17) is 10.2 Å². The lowest BCUT2D eigenvalue weighted by atomic mass is 9.88. The van der Waals surface area contributed by atoms with E-state index in [0.29, 0.717) is 11.3 Å². The molecule has 1 aliphatic rings. The normalized spacial score (nSPS) is 16.6. The highest BCUT2D eigenvalue weighted by Crippen LogP contribution is 2.39. The first-order chi connectivity index (χ1) is 10.6.